The van der Waals surface area contributed by atoms with E-state index in [1.165, 1.54) is 12.1 Å². The summed E-state index contributed by atoms with van der Waals surface area (Å²) in [5, 5.41) is 0. The molecule has 6 nitrogen and oxygen atoms in total. The van der Waals surface area contributed by atoms with Gasteiger partial charge >= 0.3 is 0 Å². The van der Waals surface area contributed by atoms with Crippen molar-refractivity contribution < 1.29 is 23.5 Å². The molecule has 1 aromatic rings. The maximum Gasteiger partial charge on any atom is 0.228 e. The largest absolute Gasteiger partial charge is 0.347 e. The Morgan fingerprint density at radius 3 is 2.46 bits per heavy atom. The highest BCUT2D eigenvalue weighted by Crippen LogP contribution is 2.32. The highest BCUT2D eigenvalue weighted by molar-refractivity contribution is 5.89. The number of hydrogen-bond donors (Lipinski definition) is 0. The van der Waals surface area contributed by atoms with Crippen LogP contribution in [0.1, 0.15) is 24.8 Å². The van der Waals surface area contributed by atoms with Crippen LogP contribution >= 0.6 is 0 Å². The minimum absolute atomic E-state index is 0.0244. The molecule has 3 saturated heterocycles. The number of carbonyl (C=O) groups is 2. The fraction of sp³-hybridized carbons (Fsp3) is 0.579. The van der Waals surface area contributed by atoms with Gasteiger partial charge in [0.2, 0.25) is 11.8 Å². The Hall–Kier alpha value is -1.99. The SMILES string of the molecule is O=C1CC(C(=O)N2CCC3(CC2)OCCO3)CN1Cc1ccc(F)cc1. The summed E-state index contributed by atoms with van der Waals surface area (Å²) in [7, 11) is 0. The van der Waals surface area contributed by atoms with E-state index in [1.54, 1.807) is 17.0 Å². The predicted octanol–water partition coefficient (Wildman–Crippen LogP) is 1.54. The van der Waals surface area contributed by atoms with Gasteiger partial charge in [0.1, 0.15) is 5.82 Å². The third-order valence-corrected chi connectivity index (χ3v) is 5.50. The number of amides is 2. The van der Waals surface area contributed by atoms with E-state index in [-0.39, 0.29) is 30.0 Å². The molecule has 0 aromatic heterocycles. The molecule has 1 aromatic carbocycles. The van der Waals surface area contributed by atoms with Crippen LogP contribution in [0.5, 0.6) is 0 Å². The molecule has 0 aliphatic carbocycles. The number of piperidine rings is 1. The Morgan fingerprint density at radius 2 is 1.81 bits per heavy atom. The van der Waals surface area contributed by atoms with Crippen LogP contribution in [-0.4, -0.2) is 60.2 Å². The topological polar surface area (TPSA) is 59.1 Å². The molecule has 3 heterocycles. The van der Waals surface area contributed by atoms with Crippen molar-refractivity contribution in [2.45, 2.75) is 31.6 Å². The van der Waals surface area contributed by atoms with E-state index in [2.05, 4.69) is 0 Å². The molecule has 4 rings (SSSR count). The molecule has 3 fully saturated rings. The maximum absolute atomic E-state index is 13.0. The average molecular weight is 362 g/mol. The minimum Gasteiger partial charge on any atom is -0.347 e. The Labute approximate surface area is 151 Å². The van der Waals surface area contributed by atoms with E-state index >= 15 is 0 Å². The van der Waals surface area contributed by atoms with Crippen molar-refractivity contribution in [2.24, 2.45) is 5.92 Å². The van der Waals surface area contributed by atoms with Gasteiger partial charge in [-0.1, -0.05) is 12.1 Å². The Bertz CT molecular complexity index is 677. The molecule has 2 amide bonds. The summed E-state index contributed by atoms with van der Waals surface area (Å²) in [5.74, 6) is -1.09. The molecule has 0 N–H and O–H groups in total. The third-order valence-electron chi connectivity index (χ3n) is 5.50. The second-order valence-corrected chi connectivity index (χ2v) is 7.23. The van der Waals surface area contributed by atoms with E-state index in [4.69, 9.17) is 9.47 Å². The molecule has 3 aliphatic heterocycles. The molecule has 0 bridgehead atoms. The standard InChI is InChI=1S/C19H23FN2O4/c20-16-3-1-14(2-4-16)12-22-13-15(11-17(22)23)18(24)21-7-5-19(6-8-21)25-9-10-26-19/h1-4,15H,5-13H2. The van der Waals surface area contributed by atoms with Crippen LogP contribution in [0.15, 0.2) is 24.3 Å². The zero-order valence-electron chi connectivity index (χ0n) is 14.7. The Balaban J connectivity index is 1.33. The minimum atomic E-state index is -0.503. The van der Waals surface area contributed by atoms with Crippen molar-refractivity contribution in [1.29, 1.82) is 0 Å². The summed E-state index contributed by atoms with van der Waals surface area (Å²) >= 11 is 0. The fourth-order valence-corrected chi connectivity index (χ4v) is 4.01. The molecule has 0 radical (unpaired) electrons. The highest BCUT2D eigenvalue weighted by Gasteiger charge is 2.43. The van der Waals surface area contributed by atoms with Gasteiger partial charge in [-0.15, -0.1) is 0 Å². The molecule has 26 heavy (non-hydrogen) atoms. The van der Waals surface area contributed by atoms with E-state index in [1.807, 2.05) is 4.90 Å². The van der Waals surface area contributed by atoms with Gasteiger partial charge in [-0.3, -0.25) is 9.59 Å². The van der Waals surface area contributed by atoms with Gasteiger partial charge in [0.15, 0.2) is 5.79 Å². The monoisotopic (exact) mass is 362 g/mol. The first-order chi connectivity index (χ1) is 12.5. The molecule has 1 atom stereocenters. The summed E-state index contributed by atoms with van der Waals surface area (Å²) in [6.45, 7) is 3.26. The van der Waals surface area contributed by atoms with Crippen LogP contribution in [-0.2, 0) is 25.6 Å². The quantitative estimate of drug-likeness (QED) is 0.818. The number of hydrogen-bond acceptors (Lipinski definition) is 4. The van der Waals surface area contributed by atoms with Gasteiger partial charge in [-0.05, 0) is 17.7 Å². The van der Waals surface area contributed by atoms with Crippen molar-refractivity contribution >= 4 is 11.8 Å². The zero-order chi connectivity index (χ0) is 18.1. The maximum atomic E-state index is 13.0. The Morgan fingerprint density at radius 1 is 1.15 bits per heavy atom. The number of rotatable bonds is 3. The van der Waals surface area contributed by atoms with E-state index in [0.29, 0.717) is 52.2 Å². The van der Waals surface area contributed by atoms with Crippen LogP contribution in [0.4, 0.5) is 4.39 Å². The van der Waals surface area contributed by atoms with Crippen LogP contribution in [0.3, 0.4) is 0 Å². The van der Waals surface area contributed by atoms with Crippen LogP contribution in [0.2, 0.25) is 0 Å². The number of benzene rings is 1. The lowest BCUT2D eigenvalue weighted by Gasteiger charge is -2.38. The molecule has 140 valence electrons. The Kier molecular flexibility index (Phi) is 4.67. The van der Waals surface area contributed by atoms with Gasteiger partial charge < -0.3 is 19.3 Å². The van der Waals surface area contributed by atoms with E-state index < -0.39 is 5.79 Å². The average Bonchev–Trinajstić information content (AvgIpc) is 3.24. The predicted molar refractivity (Wildman–Crippen MR) is 90.4 cm³/mol. The third kappa shape index (κ3) is 3.46. The fourth-order valence-electron chi connectivity index (χ4n) is 4.01. The lowest BCUT2D eigenvalue weighted by atomic mass is 10.0. The molecule has 1 unspecified atom stereocenters. The highest BCUT2D eigenvalue weighted by atomic mass is 19.1. The van der Waals surface area contributed by atoms with Gasteiger partial charge in [0, 0.05) is 45.4 Å². The molecule has 7 heteroatoms. The number of halogens is 1. The number of carbonyl (C=O) groups excluding carboxylic acids is 2. The normalized spacial score (nSPS) is 25.3. The lowest BCUT2D eigenvalue weighted by molar-refractivity contribution is -0.188. The van der Waals surface area contributed by atoms with Crippen molar-refractivity contribution in [1.82, 2.24) is 9.80 Å². The molecule has 3 aliphatic rings. The molecular weight excluding hydrogens is 339 g/mol. The van der Waals surface area contributed by atoms with Crippen molar-refractivity contribution in [3.05, 3.63) is 35.6 Å². The van der Waals surface area contributed by atoms with Gasteiger partial charge in [0.25, 0.3) is 0 Å². The van der Waals surface area contributed by atoms with Crippen molar-refractivity contribution in [2.75, 3.05) is 32.8 Å². The molecule has 1 spiro atoms. The van der Waals surface area contributed by atoms with Crippen molar-refractivity contribution in [3.63, 3.8) is 0 Å². The summed E-state index contributed by atoms with van der Waals surface area (Å²) in [4.78, 5) is 28.6. The molecule has 0 saturated carbocycles. The first kappa shape index (κ1) is 17.4. The first-order valence-electron chi connectivity index (χ1n) is 9.14. The van der Waals surface area contributed by atoms with Gasteiger partial charge in [0.05, 0.1) is 19.1 Å². The van der Waals surface area contributed by atoms with Crippen LogP contribution in [0, 0.1) is 11.7 Å². The zero-order valence-corrected chi connectivity index (χ0v) is 14.7. The smallest absolute Gasteiger partial charge is 0.228 e. The first-order valence-corrected chi connectivity index (χ1v) is 9.14. The summed E-state index contributed by atoms with van der Waals surface area (Å²) in [6.07, 6.45) is 1.60. The summed E-state index contributed by atoms with van der Waals surface area (Å²) < 4.78 is 24.4. The summed E-state index contributed by atoms with van der Waals surface area (Å²) in [6, 6.07) is 6.11. The van der Waals surface area contributed by atoms with Gasteiger partial charge in [-0.25, -0.2) is 4.39 Å². The molecular formula is C19H23FN2O4. The second kappa shape index (κ2) is 6.96. The van der Waals surface area contributed by atoms with Gasteiger partial charge in [-0.2, -0.15) is 0 Å². The van der Waals surface area contributed by atoms with E-state index in [0.717, 1.165) is 5.56 Å². The summed E-state index contributed by atoms with van der Waals surface area (Å²) in [5.41, 5.74) is 0.864. The lowest BCUT2D eigenvalue weighted by Crippen LogP contribution is -2.49. The number of nitrogens with zero attached hydrogens (tertiary/aromatic N) is 2. The van der Waals surface area contributed by atoms with E-state index in [9.17, 15) is 14.0 Å². The second-order valence-electron chi connectivity index (χ2n) is 7.23. The van der Waals surface area contributed by atoms with Crippen LogP contribution in [0.25, 0.3) is 0 Å². The number of ether oxygens (including phenoxy) is 2. The van der Waals surface area contributed by atoms with Crippen molar-refractivity contribution in [3.8, 4) is 0 Å². The van der Waals surface area contributed by atoms with Crippen LogP contribution < -0.4 is 0 Å². The number of likely N-dealkylation sites (tertiary alicyclic amines) is 2.